The molecular formula is C22H29BN6O2. The van der Waals surface area contributed by atoms with Gasteiger partial charge >= 0.3 is 7.12 Å². The van der Waals surface area contributed by atoms with Crippen LogP contribution in [-0.2, 0) is 15.7 Å². The summed E-state index contributed by atoms with van der Waals surface area (Å²) in [7, 11) is -0.529. The van der Waals surface area contributed by atoms with Gasteiger partial charge in [0.05, 0.1) is 16.8 Å². The van der Waals surface area contributed by atoms with Crippen LogP contribution in [0, 0.1) is 11.3 Å². The Kier molecular flexibility index (Phi) is 5.62. The third-order valence-corrected chi connectivity index (χ3v) is 6.50. The Morgan fingerprint density at radius 3 is 2.10 bits per heavy atom. The predicted molar refractivity (Wildman–Crippen MR) is 121 cm³/mol. The highest BCUT2D eigenvalue weighted by molar-refractivity contribution is 6.62. The zero-order valence-electron chi connectivity index (χ0n) is 18.9. The lowest BCUT2D eigenvalue weighted by molar-refractivity contribution is 0.00578. The van der Waals surface area contributed by atoms with Gasteiger partial charge in [-0.1, -0.05) is 6.92 Å². The van der Waals surface area contributed by atoms with Gasteiger partial charge in [0.1, 0.15) is 11.9 Å². The van der Waals surface area contributed by atoms with Crippen LogP contribution in [-0.4, -0.2) is 59.5 Å². The van der Waals surface area contributed by atoms with Crippen molar-refractivity contribution in [3.05, 3.63) is 35.8 Å². The number of rotatable bonds is 4. The van der Waals surface area contributed by atoms with E-state index in [1.165, 1.54) is 0 Å². The summed E-state index contributed by atoms with van der Waals surface area (Å²) in [5, 5.41) is 9.77. The molecule has 0 bridgehead atoms. The van der Waals surface area contributed by atoms with Crippen LogP contribution in [0.4, 0.5) is 11.8 Å². The molecular weight excluding hydrogens is 391 g/mol. The summed E-state index contributed by atoms with van der Waals surface area (Å²) in [4.78, 5) is 17.9. The number of hydrogen-bond acceptors (Lipinski definition) is 8. The van der Waals surface area contributed by atoms with Crippen molar-refractivity contribution in [2.75, 3.05) is 36.0 Å². The number of nitrogens with zero attached hydrogens (tertiary/aromatic N) is 6. The highest BCUT2D eigenvalue weighted by Gasteiger charge is 2.52. The lowest BCUT2D eigenvalue weighted by Crippen LogP contribution is -2.48. The molecule has 8 nitrogen and oxygen atoms in total. The van der Waals surface area contributed by atoms with Gasteiger partial charge in [-0.05, 0) is 45.7 Å². The molecule has 9 heteroatoms. The summed E-state index contributed by atoms with van der Waals surface area (Å²) in [6.45, 7) is 13.2. The van der Waals surface area contributed by atoms with Crippen molar-refractivity contribution in [1.29, 1.82) is 5.26 Å². The van der Waals surface area contributed by atoms with E-state index in [1.807, 2.05) is 46.2 Å². The summed E-state index contributed by atoms with van der Waals surface area (Å²) in [5.41, 5.74) is 1.56. The van der Waals surface area contributed by atoms with Gasteiger partial charge in [0, 0.05) is 50.2 Å². The van der Waals surface area contributed by atoms with Crippen molar-refractivity contribution < 1.29 is 9.31 Å². The number of anilines is 2. The number of piperazine rings is 1. The minimum atomic E-state index is -0.529. The van der Waals surface area contributed by atoms with Gasteiger partial charge in [-0.2, -0.15) is 5.26 Å². The maximum atomic E-state index is 9.77. The van der Waals surface area contributed by atoms with Crippen LogP contribution >= 0.6 is 0 Å². The van der Waals surface area contributed by atoms with E-state index in [-0.39, 0.29) is 0 Å². The monoisotopic (exact) mass is 420 g/mol. The van der Waals surface area contributed by atoms with Gasteiger partial charge in [-0.15, -0.1) is 0 Å². The molecule has 162 valence electrons. The molecule has 0 atom stereocenters. The molecule has 4 rings (SSSR count). The Morgan fingerprint density at radius 2 is 1.55 bits per heavy atom. The molecule has 2 aliphatic rings. The fourth-order valence-corrected chi connectivity index (χ4v) is 3.73. The Hall–Kier alpha value is -2.70. The van der Waals surface area contributed by atoms with Gasteiger partial charge in [-0.3, -0.25) is 0 Å². The molecule has 0 aliphatic carbocycles. The van der Waals surface area contributed by atoms with E-state index in [9.17, 15) is 5.26 Å². The molecule has 31 heavy (non-hydrogen) atoms. The Morgan fingerprint density at radius 1 is 0.968 bits per heavy atom. The van der Waals surface area contributed by atoms with Crippen molar-refractivity contribution in [3.8, 4) is 6.07 Å². The van der Waals surface area contributed by atoms with E-state index in [4.69, 9.17) is 9.31 Å². The Labute approximate surface area is 184 Å². The maximum Gasteiger partial charge on any atom is 0.496 e. The third-order valence-electron chi connectivity index (χ3n) is 6.50. The zero-order chi connectivity index (χ0) is 22.2. The largest absolute Gasteiger partial charge is 0.496 e. The van der Waals surface area contributed by atoms with E-state index in [2.05, 4.69) is 37.7 Å². The second-order valence-corrected chi connectivity index (χ2v) is 9.06. The van der Waals surface area contributed by atoms with Crippen molar-refractivity contribution in [2.24, 2.45) is 0 Å². The van der Waals surface area contributed by atoms with Crippen molar-refractivity contribution >= 4 is 24.3 Å². The summed E-state index contributed by atoms with van der Waals surface area (Å²) >= 11 is 0. The molecule has 2 fully saturated rings. The average Bonchev–Trinajstić information content (AvgIpc) is 3.00. The van der Waals surface area contributed by atoms with Crippen LogP contribution in [0.3, 0.4) is 0 Å². The standard InChI is InChI=1S/C22H29BN6O2/c1-6-16-13-26-20(27-14-16)29-9-7-28(8-10-29)19-17(12-24)11-18(15-25-19)23-30-21(2,3)22(4,5)31-23/h11,13-15H,6-10H2,1-5H3. The fourth-order valence-electron chi connectivity index (χ4n) is 3.73. The van der Waals surface area contributed by atoms with Gasteiger partial charge < -0.3 is 19.1 Å². The second-order valence-electron chi connectivity index (χ2n) is 9.06. The Balaban J connectivity index is 1.46. The van der Waals surface area contributed by atoms with Gasteiger partial charge in [0.2, 0.25) is 5.95 Å². The Bertz CT molecular complexity index is 964. The molecule has 2 aromatic heterocycles. The molecule has 0 spiro atoms. The first kappa shape index (κ1) is 21.5. The second kappa shape index (κ2) is 8.10. The first-order valence-electron chi connectivity index (χ1n) is 10.8. The molecule has 0 radical (unpaired) electrons. The topological polar surface area (TPSA) is 87.4 Å². The minimum Gasteiger partial charge on any atom is -0.399 e. The maximum absolute atomic E-state index is 9.77. The van der Waals surface area contributed by atoms with Crippen LogP contribution in [0.1, 0.15) is 45.7 Å². The first-order chi connectivity index (χ1) is 14.7. The molecule has 2 saturated heterocycles. The molecule has 2 aromatic rings. The van der Waals surface area contributed by atoms with Crippen LogP contribution in [0.2, 0.25) is 0 Å². The molecule has 0 N–H and O–H groups in total. The third kappa shape index (κ3) is 4.10. The van der Waals surface area contributed by atoms with Crippen molar-refractivity contribution in [1.82, 2.24) is 15.0 Å². The number of aryl methyl sites for hydroxylation is 1. The van der Waals surface area contributed by atoms with Gasteiger partial charge in [0.15, 0.2) is 0 Å². The molecule has 4 heterocycles. The van der Waals surface area contributed by atoms with E-state index >= 15 is 0 Å². The van der Waals surface area contributed by atoms with Gasteiger partial charge in [0.25, 0.3) is 0 Å². The molecule has 0 saturated carbocycles. The van der Waals surface area contributed by atoms with E-state index < -0.39 is 18.3 Å². The smallest absolute Gasteiger partial charge is 0.399 e. The number of nitriles is 1. The molecule has 0 aromatic carbocycles. The molecule has 0 amide bonds. The fraction of sp³-hybridized carbons (Fsp3) is 0.545. The minimum absolute atomic E-state index is 0.434. The highest BCUT2D eigenvalue weighted by atomic mass is 16.7. The molecule has 2 aliphatic heterocycles. The normalized spacial score (nSPS) is 20.1. The number of hydrogen-bond donors (Lipinski definition) is 0. The summed E-state index contributed by atoms with van der Waals surface area (Å²) in [6, 6.07) is 4.14. The summed E-state index contributed by atoms with van der Waals surface area (Å²) in [6.07, 6.45) is 6.47. The first-order valence-corrected chi connectivity index (χ1v) is 10.8. The lowest BCUT2D eigenvalue weighted by atomic mass is 9.79. The number of pyridine rings is 1. The average molecular weight is 420 g/mol. The summed E-state index contributed by atoms with van der Waals surface area (Å²) in [5.74, 6) is 1.45. The van der Waals surface area contributed by atoms with E-state index in [1.54, 1.807) is 6.20 Å². The quantitative estimate of drug-likeness (QED) is 0.694. The van der Waals surface area contributed by atoms with Crippen LogP contribution in [0.5, 0.6) is 0 Å². The lowest BCUT2D eigenvalue weighted by Gasteiger charge is -2.35. The van der Waals surface area contributed by atoms with Crippen LogP contribution in [0.25, 0.3) is 0 Å². The van der Waals surface area contributed by atoms with Crippen molar-refractivity contribution in [3.63, 3.8) is 0 Å². The van der Waals surface area contributed by atoms with Crippen LogP contribution < -0.4 is 15.3 Å². The van der Waals surface area contributed by atoms with Crippen LogP contribution in [0.15, 0.2) is 24.7 Å². The van der Waals surface area contributed by atoms with E-state index in [0.717, 1.165) is 49.6 Å². The van der Waals surface area contributed by atoms with Gasteiger partial charge in [-0.25, -0.2) is 15.0 Å². The summed E-state index contributed by atoms with van der Waals surface area (Å²) < 4.78 is 12.2. The zero-order valence-corrected chi connectivity index (χ0v) is 18.9. The van der Waals surface area contributed by atoms with Crippen molar-refractivity contribution in [2.45, 2.75) is 52.2 Å². The molecule has 0 unspecified atom stereocenters. The SMILES string of the molecule is CCc1cnc(N2CCN(c3ncc(B4OC(C)(C)C(C)(C)O4)cc3C#N)CC2)nc1. The highest BCUT2D eigenvalue weighted by Crippen LogP contribution is 2.36. The predicted octanol–water partition coefficient (Wildman–Crippen LogP) is 1.93. The number of aromatic nitrogens is 3. The van der Waals surface area contributed by atoms with E-state index in [0.29, 0.717) is 11.4 Å².